The molecule has 1 saturated heterocycles. The maximum Gasteiger partial charge on any atom is 0.269 e. The van der Waals surface area contributed by atoms with Crippen molar-refractivity contribution in [2.75, 3.05) is 25.6 Å². The van der Waals surface area contributed by atoms with Crippen molar-refractivity contribution >= 4 is 28.9 Å². The molecule has 6 rings (SSSR count). The first-order valence-corrected chi connectivity index (χ1v) is 13.9. The van der Waals surface area contributed by atoms with Gasteiger partial charge in [-0.3, -0.25) is 14.5 Å². The number of nitrogens with zero attached hydrogens (tertiary/aromatic N) is 3. The highest BCUT2D eigenvalue weighted by Crippen LogP contribution is 2.44. The molecule has 4 heterocycles. The summed E-state index contributed by atoms with van der Waals surface area (Å²) < 4.78 is 5.62. The van der Waals surface area contributed by atoms with Crippen LogP contribution >= 0.6 is 0 Å². The van der Waals surface area contributed by atoms with Gasteiger partial charge in [0, 0.05) is 31.4 Å². The Morgan fingerprint density at radius 3 is 2.62 bits per heavy atom. The summed E-state index contributed by atoms with van der Waals surface area (Å²) in [4.78, 5) is 37.0. The molecular formula is C31H34N6O3. The first-order valence-electron chi connectivity index (χ1n) is 13.9. The van der Waals surface area contributed by atoms with E-state index in [-0.39, 0.29) is 23.2 Å². The van der Waals surface area contributed by atoms with E-state index >= 15 is 0 Å². The van der Waals surface area contributed by atoms with E-state index in [1.54, 1.807) is 12.1 Å². The van der Waals surface area contributed by atoms with Gasteiger partial charge in [0.1, 0.15) is 5.82 Å². The van der Waals surface area contributed by atoms with Crippen LogP contribution in [0.5, 0.6) is 0 Å². The minimum atomic E-state index is -0.614. The summed E-state index contributed by atoms with van der Waals surface area (Å²) in [6, 6.07) is 17.0. The normalized spacial score (nSPS) is 20.0. The van der Waals surface area contributed by atoms with Gasteiger partial charge < -0.3 is 21.1 Å². The molecule has 0 bridgehead atoms. The summed E-state index contributed by atoms with van der Waals surface area (Å²) in [6.45, 7) is 2.27. The topological polar surface area (TPSA) is 122 Å². The number of rotatable bonds is 6. The third kappa shape index (κ3) is 4.98. The van der Waals surface area contributed by atoms with Crippen molar-refractivity contribution in [1.82, 2.24) is 20.2 Å². The molecule has 1 atom stereocenters. The van der Waals surface area contributed by atoms with Crippen LogP contribution in [0.4, 0.5) is 11.5 Å². The fraction of sp³-hybridized carbons (Fsp3) is 0.355. The third-order valence-electron chi connectivity index (χ3n) is 8.38. The zero-order valence-electron chi connectivity index (χ0n) is 22.7. The van der Waals surface area contributed by atoms with E-state index in [0.29, 0.717) is 29.2 Å². The molecule has 2 amide bonds. The first-order chi connectivity index (χ1) is 19.4. The van der Waals surface area contributed by atoms with Crippen molar-refractivity contribution < 1.29 is 14.3 Å². The largest absolute Gasteiger partial charge is 0.381 e. The molecule has 4 N–H and O–H groups in total. The summed E-state index contributed by atoms with van der Waals surface area (Å²) in [5, 5.41) is 6.41. The average Bonchev–Trinajstić information content (AvgIpc) is 3.23. The molecule has 1 aromatic carbocycles. The van der Waals surface area contributed by atoms with Crippen LogP contribution in [0.3, 0.4) is 0 Å². The minimum absolute atomic E-state index is 0.0166. The van der Waals surface area contributed by atoms with Crippen molar-refractivity contribution in [2.45, 2.75) is 50.2 Å². The molecular weight excluding hydrogens is 504 g/mol. The Kier molecular flexibility index (Phi) is 7.08. The number of benzene rings is 1. The number of allylic oxidation sites excluding steroid dienone is 1. The van der Waals surface area contributed by atoms with Crippen LogP contribution < -0.4 is 16.4 Å². The van der Waals surface area contributed by atoms with E-state index in [0.717, 1.165) is 56.7 Å². The number of nitrogens with one attached hydrogen (secondary N) is 2. The van der Waals surface area contributed by atoms with Crippen LogP contribution in [-0.2, 0) is 16.8 Å². The molecule has 1 aliphatic carbocycles. The number of ether oxygens (including phenoxy) is 1. The first kappa shape index (κ1) is 26.2. The lowest BCUT2D eigenvalue weighted by Gasteiger charge is -2.40. The lowest BCUT2D eigenvalue weighted by molar-refractivity contribution is -0.0132. The second-order valence-electron chi connectivity index (χ2n) is 10.8. The lowest BCUT2D eigenvalue weighted by Crippen LogP contribution is -2.43. The zero-order valence-corrected chi connectivity index (χ0v) is 22.7. The number of carbonyl (C=O) groups is 2. The number of aromatic nitrogens is 2. The molecule has 3 aromatic rings. The third-order valence-corrected chi connectivity index (χ3v) is 8.38. The van der Waals surface area contributed by atoms with Gasteiger partial charge in [-0.15, -0.1) is 0 Å². The Morgan fingerprint density at radius 1 is 1.05 bits per heavy atom. The Bertz CT molecular complexity index is 1470. The number of primary amides is 1. The lowest BCUT2D eigenvalue weighted by atomic mass is 9.84. The Hall–Kier alpha value is -4.08. The van der Waals surface area contributed by atoms with E-state index in [2.05, 4.69) is 39.7 Å². The summed E-state index contributed by atoms with van der Waals surface area (Å²) in [6.07, 6.45) is 6.31. The van der Waals surface area contributed by atoms with Crippen molar-refractivity contribution in [2.24, 2.45) is 5.73 Å². The maximum absolute atomic E-state index is 12.7. The quantitative estimate of drug-likeness (QED) is 0.431. The number of amides is 2. The molecule has 206 valence electrons. The molecule has 0 radical (unpaired) electrons. The van der Waals surface area contributed by atoms with Gasteiger partial charge in [0.15, 0.2) is 5.69 Å². The van der Waals surface area contributed by atoms with Crippen LogP contribution in [0.1, 0.15) is 69.9 Å². The smallest absolute Gasteiger partial charge is 0.269 e. The highest BCUT2D eigenvalue weighted by atomic mass is 16.5. The monoisotopic (exact) mass is 538 g/mol. The minimum Gasteiger partial charge on any atom is -0.381 e. The van der Waals surface area contributed by atoms with Crippen LogP contribution in [0.2, 0.25) is 0 Å². The number of nitrogens with two attached hydrogens (primary N) is 1. The molecule has 1 fully saturated rings. The highest BCUT2D eigenvalue weighted by molar-refractivity contribution is 5.97. The van der Waals surface area contributed by atoms with Gasteiger partial charge in [-0.25, -0.2) is 9.97 Å². The van der Waals surface area contributed by atoms with Gasteiger partial charge in [0.25, 0.3) is 11.8 Å². The molecule has 9 heteroatoms. The number of anilines is 2. The van der Waals surface area contributed by atoms with Crippen molar-refractivity contribution in [3.63, 3.8) is 0 Å². The van der Waals surface area contributed by atoms with Crippen molar-refractivity contribution in [1.29, 1.82) is 0 Å². The number of hydrogen-bond donors (Lipinski definition) is 3. The standard InChI is InChI=1S/C31H34N6O3/c1-37-19-26-23(31(37)14-16-40-17-15-31)10-13-27(35-26)34-25-12-11-24(36-28(25)29(32)38)21-8-5-9-22(18-21)33-30(39)20-6-3-2-4-7-20/h2-4,6-8,10-13,22H,5,9,14-19H2,1H3,(H2,32,38)(H,33,39)(H,34,35). The molecule has 40 heavy (non-hydrogen) atoms. The number of pyridine rings is 2. The van der Waals surface area contributed by atoms with Gasteiger partial charge in [-0.05, 0) is 80.6 Å². The molecule has 0 saturated carbocycles. The van der Waals surface area contributed by atoms with Gasteiger partial charge in [-0.2, -0.15) is 0 Å². The predicted octanol–water partition coefficient (Wildman–Crippen LogP) is 4.14. The Morgan fingerprint density at radius 2 is 1.85 bits per heavy atom. The maximum atomic E-state index is 12.7. The van der Waals surface area contributed by atoms with Gasteiger partial charge in [-0.1, -0.05) is 30.3 Å². The molecule has 9 nitrogen and oxygen atoms in total. The van der Waals surface area contributed by atoms with Crippen LogP contribution in [0, 0.1) is 0 Å². The van der Waals surface area contributed by atoms with E-state index in [1.807, 2.05) is 36.4 Å². The second-order valence-corrected chi connectivity index (χ2v) is 10.8. The highest BCUT2D eigenvalue weighted by Gasteiger charge is 2.45. The summed E-state index contributed by atoms with van der Waals surface area (Å²) >= 11 is 0. The Balaban J connectivity index is 1.19. The summed E-state index contributed by atoms with van der Waals surface area (Å²) in [5.41, 5.74) is 11.0. The molecule has 3 aliphatic rings. The number of fused-ring (bicyclic) bond motifs is 2. The van der Waals surface area contributed by atoms with Gasteiger partial charge in [0.05, 0.1) is 22.6 Å². The van der Waals surface area contributed by atoms with Crippen molar-refractivity contribution in [3.8, 4) is 0 Å². The molecule has 1 spiro atoms. The van der Waals surface area contributed by atoms with Gasteiger partial charge in [0.2, 0.25) is 0 Å². The van der Waals surface area contributed by atoms with E-state index < -0.39 is 5.91 Å². The number of carbonyl (C=O) groups excluding carboxylic acids is 2. The Labute approximate surface area is 233 Å². The van der Waals surface area contributed by atoms with Crippen LogP contribution in [0.15, 0.2) is 60.7 Å². The van der Waals surface area contributed by atoms with E-state index in [9.17, 15) is 9.59 Å². The SMILES string of the molecule is CN1Cc2nc(Nc3ccc(C4=CCCC(NC(=O)c5ccccc5)C4)nc3C(N)=O)ccc2C12CCOCC2. The van der Waals surface area contributed by atoms with Crippen LogP contribution in [-0.4, -0.2) is 53.0 Å². The average molecular weight is 539 g/mol. The second kappa shape index (κ2) is 10.8. The summed E-state index contributed by atoms with van der Waals surface area (Å²) in [7, 11) is 2.14. The summed E-state index contributed by atoms with van der Waals surface area (Å²) in [5.74, 6) is -0.0569. The van der Waals surface area contributed by atoms with Crippen LogP contribution in [0.25, 0.3) is 5.57 Å². The fourth-order valence-electron chi connectivity index (χ4n) is 6.22. The molecule has 2 aromatic heterocycles. The fourth-order valence-corrected chi connectivity index (χ4v) is 6.22. The predicted molar refractivity (Wildman–Crippen MR) is 153 cm³/mol. The van der Waals surface area contributed by atoms with Crippen molar-refractivity contribution in [3.05, 3.63) is 88.9 Å². The number of hydrogen-bond acceptors (Lipinski definition) is 7. The van der Waals surface area contributed by atoms with E-state index in [4.69, 9.17) is 15.5 Å². The van der Waals surface area contributed by atoms with E-state index in [1.165, 1.54) is 5.56 Å². The van der Waals surface area contributed by atoms with Gasteiger partial charge >= 0.3 is 0 Å². The molecule has 1 unspecified atom stereocenters. The zero-order chi connectivity index (χ0) is 27.7. The molecule has 2 aliphatic heterocycles.